The van der Waals surface area contributed by atoms with Gasteiger partial charge in [-0.2, -0.15) is 0 Å². The zero-order valence-corrected chi connectivity index (χ0v) is 18.7. The first-order chi connectivity index (χ1) is 15.3. The van der Waals surface area contributed by atoms with E-state index < -0.39 is 15.8 Å². The van der Waals surface area contributed by atoms with Crippen molar-refractivity contribution < 1.29 is 22.3 Å². The number of halogens is 1. The largest absolute Gasteiger partial charge is 0.490 e. The number of sulfonamides is 1. The van der Waals surface area contributed by atoms with Crippen LogP contribution >= 0.6 is 0 Å². The van der Waals surface area contributed by atoms with Crippen LogP contribution in [0, 0.1) is 19.7 Å². The Labute approximate surface area is 187 Å². The Hall–Kier alpha value is -3.39. The van der Waals surface area contributed by atoms with Gasteiger partial charge in [0.15, 0.2) is 11.6 Å². The lowest BCUT2D eigenvalue weighted by Crippen LogP contribution is -2.25. The molecule has 0 saturated heterocycles. The highest BCUT2D eigenvalue weighted by atomic mass is 32.2. The molecule has 0 unspecified atom stereocenters. The summed E-state index contributed by atoms with van der Waals surface area (Å²) in [7, 11) is -3.72. The molecule has 0 fully saturated rings. The molecule has 0 bridgehead atoms. The van der Waals surface area contributed by atoms with Crippen LogP contribution in [0.4, 0.5) is 10.1 Å². The molecule has 0 heterocycles. The lowest BCUT2D eigenvalue weighted by atomic mass is 10.1. The van der Waals surface area contributed by atoms with Crippen LogP contribution in [0.5, 0.6) is 5.75 Å². The Kier molecular flexibility index (Phi) is 7.48. The number of benzene rings is 3. The molecule has 0 aliphatic heterocycles. The fraction of sp³-hybridized carbons (Fsp3) is 0.208. The number of hydrogen-bond acceptors (Lipinski definition) is 4. The smallest absolute Gasteiger partial charge is 0.261 e. The van der Waals surface area contributed by atoms with Crippen molar-refractivity contribution >= 4 is 21.6 Å². The van der Waals surface area contributed by atoms with Crippen molar-refractivity contribution in [2.45, 2.75) is 25.2 Å². The van der Waals surface area contributed by atoms with E-state index >= 15 is 0 Å². The molecule has 0 saturated carbocycles. The summed E-state index contributed by atoms with van der Waals surface area (Å²) in [5.41, 5.74) is 2.66. The summed E-state index contributed by atoms with van der Waals surface area (Å²) in [5, 5.41) is 2.75. The average Bonchev–Trinajstić information content (AvgIpc) is 2.76. The Bertz CT molecular complexity index is 1190. The van der Waals surface area contributed by atoms with Crippen molar-refractivity contribution in [2.24, 2.45) is 0 Å². The highest BCUT2D eigenvalue weighted by Crippen LogP contribution is 2.19. The first-order valence-electron chi connectivity index (χ1n) is 10.1. The zero-order chi connectivity index (χ0) is 23.1. The third kappa shape index (κ3) is 6.07. The molecule has 32 heavy (non-hydrogen) atoms. The van der Waals surface area contributed by atoms with Crippen LogP contribution in [-0.4, -0.2) is 27.5 Å². The van der Waals surface area contributed by atoms with Gasteiger partial charge in [-0.15, -0.1) is 0 Å². The van der Waals surface area contributed by atoms with Crippen molar-refractivity contribution in [2.75, 3.05) is 17.9 Å². The van der Waals surface area contributed by atoms with E-state index in [-0.39, 0.29) is 23.2 Å². The van der Waals surface area contributed by atoms with Crippen molar-refractivity contribution in [3.8, 4) is 5.75 Å². The van der Waals surface area contributed by atoms with Crippen molar-refractivity contribution in [3.63, 3.8) is 0 Å². The van der Waals surface area contributed by atoms with E-state index in [0.717, 1.165) is 11.1 Å². The van der Waals surface area contributed by atoms with Crippen LogP contribution < -0.4 is 14.8 Å². The Balaban J connectivity index is 1.49. The zero-order valence-electron chi connectivity index (χ0n) is 17.9. The highest BCUT2D eigenvalue weighted by molar-refractivity contribution is 7.92. The van der Waals surface area contributed by atoms with Crippen LogP contribution in [0.15, 0.2) is 71.6 Å². The normalized spacial score (nSPS) is 11.1. The average molecular weight is 457 g/mol. The minimum Gasteiger partial charge on any atom is -0.490 e. The van der Waals surface area contributed by atoms with Crippen LogP contribution in [0.25, 0.3) is 0 Å². The molecule has 0 spiro atoms. The lowest BCUT2D eigenvalue weighted by Gasteiger charge is -2.11. The third-order valence-electron chi connectivity index (χ3n) is 4.89. The van der Waals surface area contributed by atoms with Gasteiger partial charge in [-0.3, -0.25) is 9.52 Å². The number of rotatable bonds is 9. The Morgan fingerprint density at radius 2 is 1.69 bits per heavy atom. The molecule has 3 aromatic carbocycles. The van der Waals surface area contributed by atoms with E-state index in [2.05, 4.69) is 10.0 Å². The van der Waals surface area contributed by atoms with Gasteiger partial charge >= 0.3 is 0 Å². The van der Waals surface area contributed by atoms with Gasteiger partial charge in [0, 0.05) is 17.8 Å². The minimum atomic E-state index is -3.72. The number of anilines is 1. The summed E-state index contributed by atoms with van der Waals surface area (Å²) in [5.74, 6) is -0.540. The summed E-state index contributed by atoms with van der Waals surface area (Å²) in [6, 6.07) is 17.2. The molecular weight excluding hydrogens is 431 g/mol. The molecule has 8 heteroatoms. The van der Waals surface area contributed by atoms with Gasteiger partial charge < -0.3 is 10.1 Å². The van der Waals surface area contributed by atoms with Gasteiger partial charge in [0.2, 0.25) is 0 Å². The number of carbonyl (C=O) groups excluding carboxylic acids is 1. The van der Waals surface area contributed by atoms with E-state index in [0.29, 0.717) is 24.2 Å². The number of nitrogens with one attached hydrogen (secondary N) is 2. The number of hydrogen-bond donors (Lipinski definition) is 2. The van der Waals surface area contributed by atoms with Crippen LogP contribution in [0.1, 0.15) is 27.9 Å². The van der Waals surface area contributed by atoms with Crippen LogP contribution in [0.2, 0.25) is 0 Å². The molecule has 168 valence electrons. The maximum absolute atomic E-state index is 13.5. The number of para-hydroxylation sites is 1. The molecule has 6 nitrogen and oxygen atoms in total. The standard InChI is InChI=1S/C24H25FN2O4S/c1-17-8-13-21(16-18(17)2)32(29,30)27-20-11-9-19(10-12-20)24(28)26-14-5-15-31-23-7-4-3-6-22(23)25/h3-4,6-13,16,27H,5,14-15H2,1-2H3,(H,26,28). The minimum absolute atomic E-state index is 0.178. The van der Waals surface area contributed by atoms with Gasteiger partial charge in [-0.1, -0.05) is 18.2 Å². The second kappa shape index (κ2) is 10.3. The lowest BCUT2D eigenvalue weighted by molar-refractivity contribution is 0.0951. The van der Waals surface area contributed by atoms with E-state index in [1.807, 2.05) is 13.8 Å². The second-order valence-corrected chi connectivity index (χ2v) is 9.00. The fourth-order valence-electron chi connectivity index (χ4n) is 2.90. The van der Waals surface area contributed by atoms with Gasteiger partial charge in [0.05, 0.1) is 11.5 Å². The number of carbonyl (C=O) groups is 1. The third-order valence-corrected chi connectivity index (χ3v) is 6.27. The predicted octanol–water partition coefficient (Wildman–Crippen LogP) is 4.44. The summed E-state index contributed by atoms with van der Waals surface area (Å²) >= 11 is 0. The summed E-state index contributed by atoms with van der Waals surface area (Å²) < 4.78 is 46.5. The van der Waals surface area contributed by atoms with Crippen LogP contribution in [0.3, 0.4) is 0 Å². The van der Waals surface area contributed by atoms with Gasteiger partial charge in [0.1, 0.15) is 0 Å². The van der Waals surface area contributed by atoms with Gasteiger partial charge in [-0.25, -0.2) is 12.8 Å². The Morgan fingerprint density at radius 1 is 0.969 bits per heavy atom. The van der Waals surface area contributed by atoms with E-state index in [1.54, 1.807) is 48.5 Å². The molecule has 3 rings (SSSR count). The van der Waals surface area contributed by atoms with E-state index in [9.17, 15) is 17.6 Å². The summed E-state index contributed by atoms with van der Waals surface area (Å²) in [4.78, 5) is 12.4. The molecule has 0 radical (unpaired) electrons. The van der Waals surface area contributed by atoms with E-state index in [1.165, 1.54) is 18.2 Å². The predicted molar refractivity (Wildman–Crippen MR) is 122 cm³/mol. The monoisotopic (exact) mass is 456 g/mol. The maximum atomic E-state index is 13.5. The molecule has 2 N–H and O–H groups in total. The maximum Gasteiger partial charge on any atom is 0.261 e. The van der Waals surface area contributed by atoms with Crippen molar-refractivity contribution in [1.29, 1.82) is 0 Å². The van der Waals surface area contributed by atoms with Crippen LogP contribution in [-0.2, 0) is 10.0 Å². The quantitative estimate of drug-likeness (QED) is 0.466. The highest BCUT2D eigenvalue weighted by Gasteiger charge is 2.15. The molecule has 0 aliphatic carbocycles. The van der Waals surface area contributed by atoms with Crippen molar-refractivity contribution in [3.05, 3.63) is 89.2 Å². The van der Waals surface area contributed by atoms with Gasteiger partial charge in [-0.05, 0) is 79.9 Å². The molecule has 1 amide bonds. The van der Waals surface area contributed by atoms with Crippen molar-refractivity contribution in [1.82, 2.24) is 5.32 Å². The first kappa shape index (κ1) is 23.3. The first-order valence-corrected chi connectivity index (χ1v) is 11.6. The summed E-state index contributed by atoms with van der Waals surface area (Å²) in [6.07, 6.45) is 0.508. The second-order valence-electron chi connectivity index (χ2n) is 7.32. The summed E-state index contributed by atoms with van der Waals surface area (Å²) in [6.45, 7) is 4.39. The molecule has 0 aliphatic rings. The molecule has 3 aromatic rings. The number of ether oxygens (including phenoxy) is 1. The number of aryl methyl sites for hydroxylation is 2. The van der Waals surface area contributed by atoms with Gasteiger partial charge in [0.25, 0.3) is 15.9 Å². The Morgan fingerprint density at radius 3 is 2.38 bits per heavy atom. The molecule has 0 aromatic heterocycles. The van der Waals surface area contributed by atoms with E-state index in [4.69, 9.17) is 4.74 Å². The number of amides is 1. The fourth-order valence-corrected chi connectivity index (χ4v) is 4.05. The molecule has 0 atom stereocenters. The topological polar surface area (TPSA) is 84.5 Å². The SMILES string of the molecule is Cc1ccc(S(=O)(=O)Nc2ccc(C(=O)NCCCOc3ccccc3F)cc2)cc1C. The molecular formula is C24H25FN2O4S.